The van der Waals surface area contributed by atoms with Crippen LogP contribution >= 0.6 is 0 Å². The van der Waals surface area contributed by atoms with Gasteiger partial charge in [0, 0.05) is 12.8 Å². The number of carbonyl (C=O) groups is 3. The van der Waals surface area contributed by atoms with Crippen LogP contribution < -0.4 is 0 Å². The predicted molar refractivity (Wildman–Crippen MR) is 228 cm³/mol. The molecule has 0 spiro atoms. The summed E-state index contributed by atoms with van der Waals surface area (Å²) in [6.45, 7) is 6.18. The van der Waals surface area contributed by atoms with E-state index >= 15 is 0 Å². The van der Waals surface area contributed by atoms with Crippen molar-refractivity contribution < 1.29 is 28.6 Å². The van der Waals surface area contributed by atoms with Gasteiger partial charge in [0.2, 0.25) is 0 Å². The smallest absolute Gasteiger partial charge is 0.309 e. The summed E-state index contributed by atoms with van der Waals surface area (Å²) in [5, 5.41) is 0. The molecule has 0 N–H and O–H groups in total. The molecule has 1 atom stereocenters. The molecule has 0 amide bonds. The van der Waals surface area contributed by atoms with Crippen LogP contribution in [0.15, 0.2) is 97.2 Å². The number of rotatable bonds is 36. The van der Waals surface area contributed by atoms with Gasteiger partial charge in [-0.2, -0.15) is 0 Å². The van der Waals surface area contributed by atoms with E-state index in [-0.39, 0.29) is 32.0 Å². The zero-order chi connectivity index (χ0) is 39.4. The third-order valence-corrected chi connectivity index (χ3v) is 8.49. The van der Waals surface area contributed by atoms with Crippen LogP contribution in [0, 0.1) is 0 Å². The molecular formula is C48H76O6. The molecule has 54 heavy (non-hydrogen) atoms. The number of hydrogen-bond acceptors (Lipinski definition) is 6. The molecule has 0 saturated carbocycles. The molecule has 304 valence electrons. The van der Waals surface area contributed by atoms with E-state index in [9.17, 15) is 14.4 Å². The van der Waals surface area contributed by atoms with Gasteiger partial charge in [0.25, 0.3) is 0 Å². The summed E-state index contributed by atoms with van der Waals surface area (Å²) in [6.07, 6.45) is 54.3. The zero-order valence-corrected chi connectivity index (χ0v) is 34.4. The molecule has 0 aromatic carbocycles. The van der Waals surface area contributed by atoms with Gasteiger partial charge in [-0.1, -0.05) is 201 Å². The van der Waals surface area contributed by atoms with Gasteiger partial charge in [0.15, 0.2) is 6.10 Å². The first-order valence-electron chi connectivity index (χ1n) is 21.3. The second-order valence-corrected chi connectivity index (χ2v) is 13.6. The van der Waals surface area contributed by atoms with E-state index in [1.54, 1.807) is 6.08 Å². The molecule has 0 aliphatic heterocycles. The zero-order valence-electron chi connectivity index (χ0n) is 34.4. The number of allylic oxidation sites excluding steroid dienone is 15. The molecule has 0 aromatic heterocycles. The summed E-state index contributed by atoms with van der Waals surface area (Å²) < 4.78 is 16.5. The first-order chi connectivity index (χ1) is 26.5. The van der Waals surface area contributed by atoms with Gasteiger partial charge >= 0.3 is 17.9 Å². The minimum atomic E-state index is -0.846. The normalized spacial score (nSPS) is 13.0. The van der Waals surface area contributed by atoms with E-state index in [1.807, 2.05) is 60.8 Å². The summed E-state index contributed by atoms with van der Waals surface area (Å²) in [7, 11) is 0. The number of esters is 3. The molecule has 0 aliphatic carbocycles. The summed E-state index contributed by atoms with van der Waals surface area (Å²) in [6, 6.07) is 0. The van der Waals surface area contributed by atoms with Gasteiger partial charge in [-0.25, -0.2) is 0 Å². The molecular weight excluding hydrogens is 673 g/mol. The van der Waals surface area contributed by atoms with Crippen LogP contribution in [-0.4, -0.2) is 37.2 Å². The standard InChI is InChI=1S/C48H76O6/c1-4-7-10-13-16-19-21-23-25-26-29-32-35-38-41-47(50)53-44-45(43-52-46(49)40-37-34-31-28-18-15-12-9-6-3)54-48(51)42-39-36-33-30-27-24-22-20-17-14-11-8-5-2/h8-9,11-12,14,17-18,20,22,24,27-28,30,33-34,37,45H,4-7,10,13,15-16,19,21,23,25-26,29,31-32,35-36,38-44H2,1-3H3/b11-8-,12-9-,17-14-,22-20-,27-24-,28-18-,33-30-,37-34-. The van der Waals surface area contributed by atoms with E-state index in [0.717, 1.165) is 51.4 Å². The fourth-order valence-electron chi connectivity index (χ4n) is 5.35. The van der Waals surface area contributed by atoms with Crippen molar-refractivity contribution in [2.75, 3.05) is 13.2 Å². The molecule has 6 heteroatoms. The molecule has 0 radical (unpaired) electrons. The van der Waals surface area contributed by atoms with Gasteiger partial charge in [-0.05, 0) is 44.9 Å². The Morgan fingerprint density at radius 1 is 0.426 bits per heavy atom. The average Bonchev–Trinajstić information content (AvgIpc) is 3.17. The van der Waals surface area contributed by atoms with Crippen LogP contribution in [0.25, 0.3) is 0 Å². The highest BCUT2D eigenvalue weighted by Crippen LogP contribution is 2.14. The first kappa shape index (κ1) is 50.3. The van der Waals surface area contributed by atoms with E-state index < -0.39 is 18.0 Å². The van der Waals surface area contributed by atoms with Gasteiger partial charge < -0.3 is 14.2 Å². The van der Waals surface area contributed by atoms with Crippen LogP contribution in [0.2, 0.25) is 0 Å². The SMILES string of the molecule is CC\C=C/C=C\C=C/C=C\C=C/CCCC(=O)OC(COC(=O)C/C=C\C/C=C\C/C=C\CC)COC(=O)CCCCCCCCCCCCCCCC. The van der Waals surface area contributed by atoms with E-state index in [0.29, 0.717) is 12.8 Å². The quantitative estimate of drug-likeness (QED) is 0.0209. The fraction of sp³-hybridized carbons (Fsp3) is 0.604. The van der Waals surface area contributed by atoms with Crippen molar-refractivity contribution in [2.45, 2.75) is 175 Å². The Bertz CT molecular complexity index is 1140. The molecule has 0 aromatic rings. The molecule has 0 bridgehead atoms. The van der Waals surface area contributed by atoms with Crippen molar-refractivity contribution >= 4 is 17.9 Å². The molecule has 0 fully saturated rings. The molecule has 0 rings (SSSR count). The second kappa shape index (κ2) is 42.1. The average molecular weight is 749 g/mol. The Hall–Kier alpha value is -3.67. The predicted octanol–water partition coefficient (Wildman–Crippen LogP) is 13.5. The molecule has 0 heterocycles. The lowest BCUT2D eigenvalue weighted by atomic mass is 10.0. The van der Waals surface area contributed by atoms with Crippen molar-refractivity contribution in [3.05, 3.63) is 97.2 Å². The fourth-order valence-corrected chi connectivity index (χ4v) is 5.35. The highest BCUT2D eigenvalue weighted by Gasteiger charge is 2.19. The Labute approximate surface area is 330 Å². The van der Waals surface area contributed by atoms with Crippen LogP contribution in [-0.2, 0) is 28.6 Å². The number of ether oxygens (including phenoxy) is 3. The monoisotopic (exact) mass is 749 g/mol. The lowest BCUT2D eigenvalue weighted by molar-refractivity contribution is -0.166. The van der Waals surface area contributed by atoms with Gasteiger partial charge in [-0.3, -0.25) is 14.4 Å². The van der Waals surface area contributed by atoms with Crippen molar-refractivity contribution in [3.63, 3.8) is 0 Å². The number of unbranched alkanes of at least 4 members (excludes halogenated alkanes) is 14. The van der Waals surface area contributed by atoms with Crippen molar-refractivity contribution in [3.8, 4) is 0 Å². The molecule has 0 saturated heterocycles. The first-order valence-corrected chi connectivity index (χ1v) is 21.3. The minimum absolute atomic E-state index is 0.118. The summed E-state index contributed by atoms with van der Waals surface area (Å²) >= 11 is 0. The largest absolute Gasteiger partial charge is 0.462 e. The highest BCUT2D eigenvalue weighted by molar-refractivity contribution is 5.72. The lowest BCUT2D eigenvalue weighted by Crippen LogP contribution is -2.30. The Balaban J connectivity index is 4.56. The number of hydrogen-bond donors (Lipinski definition) is 0. The Kier molecular flexibility index (Phi) is 39.2. The Morgan fingerprint density at radius 3 is 1.43 bits per heavy atom. The lowest BCUT2D eigenvalue weighted by Gasteiger charge is -2.18. The second-order valence-electron chi connectivity index (χ2n) is 13.6. The van der Waals surface area contributed by atoms with Crippen molar-refractivity contribution in [1.82, 2.24) is 0 Å². The maximum atomic E-state index is 12.6. The van der Waals surface area contributed by atoms with E-state index in [2.05, 4.69) is 51.2 Å². The molecule has 1 unspecified atom stereocenters. The minimum Gasteiger partial charge on any atom is -0.462 e. The van der Waals surface area contributed by atoms with Crippen LogP contribution in [0.4, 0.5) is 0 Å². The summed E-state index contributed by atoms with van der Waals surface area (Å²) in [5.74, 6) is -1.15. The van der Waals surface area contributed by atoms with Crippen molar-refractivity contribution in [2.24, 2.45) is 0 Å². The van der Waals surface area contributed by atoms with Gasteiger partial charge in [0.1, 0.15) is 13.2 Å². The van der Waals surface area contributed by atoms with Crippen LogP contribution in [0.1, 0.15) is 168 Å². The van der Waals surface area contributed by atoms with Crippen molar-refractivity contribution in [1.29, 1.82) is 0 Å². The topological polar surface area (TPSA) is 78.9 Å². The molecule has 6 nitrogen and oxygen atoms in total. The maximum Gasteiger partial charge on any atom is 0.309 e. The van der Waals surface area contributed by atoms with Gasteiger partial charge in [-0.15, -0.1) is 0 Å². The Morgan fingerprint density at radius 2 is 0.870 bits per heavy atom. The maximum absolute atomic E-state index is 12.6. The van der Waals surface area contributed by atoms with Crippen LogP contribution in [0.3, 0.4) is 0 Å². The van der Waals surface area contributed by atoms with E-state index in [1.165, 1.54) is 70.6 Å². The molecule has 0 aliphatic rings. The third kappa shape index (κ3) is 39.5. The highest BCUT2D eigenvalue weighted by atomic mass is 16.6. The van der Waals surface area contributed by atoms with Gasteiger partial charge in [0.05, 0.1) is 6.42 Å². The summed E-state index contributed by atoms with van der Waals surface area (Å²) in [4.78, 5) is 37.5. The number of carbonyl (C=O) groups excluding carboxylic acids is 3. The summed E-state index contributed by atoms with van der Waals surface area (Å²) in [5.41, 5.74) is 0. The third-order valence-electron chi connectivity index (χ3n) is 8.49. The van der Waals surface area contributed by atoms with Crippen LogP contribution in [0.5, 0.6) is 0 Å². The van der Waals surface area contributed by atoms with E-state index in [4.69, 9.17) is 14.2 Å².